The van der Waals surface area contributed by atoms with Crippen LogP contribution in [0.3, 0.4) is 0 Å². The third kappa shape index (κ3) is 3.76. The van der Waals surface area contributed by atoms with E-state index in [1.807, 2.05) is 0 Å². The highest BCUT2D eigenvalue weighted by Crippen LogP contribution is 2.36. The molecule has 0 heterocycles. The molecule has 0 spiro atoms. The predicted octanol–water partition coefficient (Wildman–Crippen LogP) is 2.49. The van der Waals surface area contributed by atoms with Crippen LogP contribution in [-0.4, -0.2) is 37.1 Å². The van der Waals surface area contributed by atoms with Crippen molar-refractivity contribution in [3.8, 4) is 0 Å². The predicted molar refractivity (Wildman–Crippen MR) is 67.2 cm³/mol. The minimum atomic E-state index is 0.257. The van der Waals surface area contributed by atoms with Gasteiger partial charge in [-0.05, 0) is 52.6 Å². The molecule has 0 aromatic heterocycles. The van der Waals surface area contributed by atoms with Gasteiger partial charge in [-0.1, -0.05) is 13.8 Å². The number of hydrogen-bond acceptors (Lipinski definition) is 2. The molecule has 15 heavy (non-hydrogen) atoms. The van der Waals surface area contributed by atoms with E-state index in [1.54, 1.807) is 0 Å². The number of nitrogens with one attached hydrogen (secondary N) is 1. The maximum absolute atomic E-state index is 3.72. The molecule has 0 amide bonds. The van der Waals surface area contributed by atoms with Crippen LogP contribution in [0.4, 0.5) is 0 Å². The van der Waals surface area contributed by atoms with Gasteiger partial charge in [-0.3, -0.25) is 0 Å². The Hall–Kier alpha value is -0.0800. The summed E-state index contributed by atoms with van der Waals surface area (Å²) in [5.41, 5.74) is 0.812. The standard InChI is InChI=1S/C13H28N2/c1-12(2)8-7-11(9-12)14-10-13(3,4)15(5)6/h11,14H,7-10H2,1-6H3. The van der Waals surface area contributed by atoms with Crippen LogP contribution in [0.15, 0.2) is 0 Å². The zero-order valence-electron chi connectivity index (χ0n) is 11.4. The Morgan fingerprint density at radius 2 is 1.93 bits per heavy atom. The van der Waals surface area contributed by atoms with Crippen molar-refractivity contribution >= 4 is 0 Å². The van der Waals surface area contributed by atoms with Crippen LogP contribution in [0, 0.1) is 5.41 Å². The zero-order chi connectivity index (χ0) is 11.7. The van der Waals surface area contributed by atoms with E-state index in [-0.39, 0.29) is 5.54 Å². The van der Waals surface area contributed by atoms with Crippen LogP contribution in [0.25, 0.3) is 0 Å². The fraction of sp³-hybridized carbons (Fsp3) is 1.00. The average Bonchev–Trinajstić information content (AvgIpc) is 2.42. The number of rotatable bonds is 4. The molecule has 0 aliphatic heterocycles. The fourth-order valence-electron chi connectivity index (χ4n) is 2.16. The molecule has 1 unspecified atom stereocenters. The van der Waals surface area contributed by atoms with Crippen molar-refractivity contribution in [2.75, 3.05) is 20.6 Å². The summed E-state index contributed by atoms with van der Waals surface area (Å²) in [7, 11) is 4.31. The van der Waals surface area contributed by atoms with Gasteiger partial charge in [0.05, 0.1) is 0 Å². The minimum Gasteiger partial charge on any atom is -0.312 e. The molecule has 0 saturated heterocycles. The zero-order valence-corrected chi connectivity index (χ0v) is 11.4. The van der Waals surface area contributed by atoms with E-state index in [2.05, 4.69) is 52.0 Å². The summed E-state index contributed by atoms with van der Waals surface area (Å²) in [6, 6.07) is 0.735. The van der Waals surface area contributed by atoms with E-state index < -0.39 is 0 Å². The van der Waals surface area contributed by atoms with Crippen molar-refractivity contribution in [1.29, 1.82) is 0 Å². The van der Waals surface area contributed by atoms with Crippen LogP contribution < -0.4 is 5.32 Å². The van der Waals surface area contributed by atoms with Gasteiger partial charge >= 0.3 is 0 Å². The summed E-state index contributed by atoms with van der Waals surface area (Å²) in [6.07, 6.45) is 4.04. The van der Waals surface area contributed by atoms with E-state index in [1.165, 1.54) is 19.3 Å². The molecule has 2 nitrogen and oxygen atoms in total. The van der Waals surface area contributed by atoms with Gasteiger partial charge in [0.15, 0.2) is 0 Å². The van der Waals surface area contributed by atoms with Crippen LogP contribution in [0.5, 0.6) is 0 Å². The van der Waals surface area contributed by atoms with Crippen LogP contribution in [0.1, 0.15) is 47.0 Å². The van der Waals surface area contributed by atoms with Crippen LogP contribution >= 0.6 is 0 Å². The molecule has 1 rings (SSSR count). The Morgan fingerprint density at radius 3 is 2.33 bits per heavy atom. The highest BCUT2D eigenvalue weighted by Gasteiger charge is 2.31. The summed E-state index contributed by atoms with van der Waals surface area (Å²) in [5.74, 6) is 0. The maximum atomic E-state index is 3.72. The molecule has 1 atom stereocenters. The quantitative estimate of drug-likeness (QED) is 0.770. The fourth-order valence-corrected chi connectivity index (χ4v) is 2.16. The number of likely N-dealkylation sites (N-methyl/N-ethyl adjacent to an activating group) is 1. The van der Waals surface area contributed by atoms with Gasteiger partial charge in [0.1, 0.15) is 0 Å². The maximum Gasteiger partial charge on any atom is 0.0271 e. The van der Waals surface area contributed by atoms with Gasteiger partial charge in [0.25, 0.3) is 0 Å². The molecule has 1 saturated carbocycles. The highest BCUT2D eigenvalue weighted by atomic mass is 15.2. The van der Waals surface area contributed by atoms with E-state index in [9.17, 15) is 0 Å². The smallest absolute Gasteiger partial charge is 0.0271 e. The molecule has 0 aromatic rings. The third-order valence-electron chi connectivity index (χ3n) is 4.00. The largest absolute Gasteiger partial charge is 0.312 e. The summed E-state index contributed by atoms with van der Waals surface area (Å²) in [4.78, 5) is 2.29. The summed E-state index contributed by atoms with van der Waals surface area (Å²) in [6.45, 7) is 10.4. The molecule has 1 N–H and O–H groups in total. The number of hydrogen-bond donors (Lipinski definition) is 1. The lowest BCUT2D eigenvalue weighted by molar-refractivity contribution is 0.183. The van der Waals surface area contributed by atoms with Crippen molar-refractivity contribution in [1.82, 2.24) is 10.2 Å². The first-order valence-corrected chi connectivity index (χ1v) is 6.14. The Kier molecular flexibility index (Phi) is 3.83. The molecule has 1 aliphatic rings. The SMILES string of the molecule is CN(C)C(C)(C)CNC1CCC(C)(C)C1. The lowest BCUT2D eigenvalue weighted by atomic mass is 9.91. The van der Waals surface area contributed by atoms with Crippen molar-refractivity contribution in [2.24, 2.45) is 5.41 Å². The summed E-state index contributed by atoms with van der Waals surface area (Å²) < 4.78 is 0. The van der Waals surface area contributed by atoms with Gasteiger partial charge in [-0.25, -0.2) is 0 Å². The van der Waals surface area contributed by atoms with E-state index in [4.69, 9.17) is 0 Å². The molecule has 0 radical (unpaired) electrons. The molecular weight excluding hydrogens is 184 g/mol. The second kappa shape index (κ2) is 4.42. The average molecular weight is 212 g/mol. The Labute approximate surface area is 95.4 Å². The van der Waals surface area contributed by atoms with Crippen LogP contribution in [0.2, 0.25) is 0 Å². The lowest BCUT2D eigenvalue weighted by Crippen LogP contribution is -2.48. The first-order chi connectivity index (χ1) is 6.73. The summed E-state index contributed by atoms with van der Waals surface area (Å²) in [5, 5.41) is 3.72. The Morgan fingerprint density at radius 1 is 1.33 bits per heavy atom. The first-order valence-electron chi connectivity index (χ1n) is 6.14. The number of nitrogens with zero attached hydrogens (tertiary/aromatic N) is 1. The van der Waals surface area contributed by atoms with Crippen molar-refractivity contribution in [3.63, 3.8) is 0 Å². The van der Waals surface area contributed by atoms with E-state index in [0.717, 1.165) is 12.6 Å². The molecule has 0 bridgehead atoms. The molecule has 90 valence electrons. The second-order valence-electron chi connectivity index (χ2n) is 6.69. The second-order valence-corrected chi connectivity index (χ2v) is 6.69. The topological polar surface area (TPSA) is 15.3 Å². The first kappa shape index (κ1) is 13.0. The van der Waals surface area contributed by atoms with Gasteiger partial charge in [0, 0.05) is 18.1 Å². The van der Waals surface area contributed by atoms with Crippen molar-refractivity contribution in [2.45, 2.75) is 58.5 Å². The Bertz CT molecular complexity index is 207. The van der Waals surface area contributed by atoms with Crippen molar-refractivity contribution < 1.29 is 0 Å². The normalized spacial score (nSPS) is 26.2. The molecular formula is C13H28N2. The van der Waals surface area contributed by atoms with E-state index in [0.29, 0.717) is 5.41 Å². The van der Waals surface area contributed by atoms with Gasteiger partial charge in [-0.2, -0.15) is 0 Å². The van der Waals surface area contributed by atoms with Crippen LogP contribution in [-0.2, 0) is 0 Å². The van der Waals surface area contributed by atoms with Gasteiger partial charge in [-0.15, -0.1) is 0 Å². The molecule has 1 fully saturated rings. The molecule has 1 aliphatic carbocycles. The van der Waals surface area contributed by atoms with Gasteiger partial charge in [0.2, 0.25) is 0 Å². The molecule has 0 aromatic carbocycles. The lowest BCUT2D eigenvalue weighted by Gasteiger charge is -2.34. The van der Waals surface area contributed by atoms with Gasteiger partial charge < -0.3 is 10.2 Å². The Balaban J connectivity index is 2.33. The van der Waals surface area contributed by atoms with Crippen molar-refractivity contribution in [3.05, 3.63) is 0 Å². The third-order valence-corrected chi connectivity index (χ3v) is 4.00. The monoisotopic (exact) mass is 212 g/mol. The highest BCUT2D eigenvalue weighted by molar-refractivity contribution is 4.89. The van der Waals surface area contributed by atoms with E-state index >= 15 is 0 Å². The minimum absolute atomic E-state index is 0.257. The molecule has 2 heteroatoms. The summed E-state index contributed by atoms with van der Waals surface area (Å²) >= 11 is 0.